The van der Waals surface area contributed by atoms with E-state index >= 15 is 0 Å². The second kappa shape index (κ2) is 11.8. The number of para-hydroxylation sites is 6. The van der Waals surface area contributed by atoms with E-state index in [0.29, 0.717) is 0 Å². The molecule has 0 saturated carbocycles. The van der Waals surface area contributed by atoms with E-state index in [9.17, 15) is 0 Å². The highest BCUT2D eigenvalue weighted by molar-refractivity contribution is 6.15. The van der Waals surface area contributed by atoms with Gasteiger partial charge in [-0.2, -0.15) is 0 Å². The van der Waals surface area contributed by atoms with Gasteiger partial charge in [0.05, 0.1) is 33.1 Å². The number of rotatable bonds is 4. The van der Waals surface area contributed by atoms with Gasteiger partial charge in [0.2, 0.25) is 0 Å². The van der Waals surface area contributed by atoms with Crippen LogP contribution in [0.1, 0.15) is 0 Å². The molecule has 0 aliphatic heterocycles. The lowest BCUT2D eigenvalue weighted by molar-refractivity contribution is 0.670. The topological polar surface area (TPSA) is 27.9 Å². The Morgan fingerprint density at radius 3 is 1.14 bits per heavy atom. The molecule has 13 aromatic rings. The quantitative estimate of drug-likeness (QED) is 0.177. The molecule has 4 aromatic heterocycles. The third-order valence-electron chi connectivity index (χ3n) is 12.2. The van der Waals surface area contributed by atoms with Gasteiger partial charge in [-0.05, 0) is 84.4 Å². The summed E-state index contributed by atoms with van der Waals surface area (Å²) in [5, 5.41) is 9.61. The van der Waals surface area contributed by atoms with Gasteiger partial charge in [-0.1, -0.05) is 121 Å². The number of hydrogen-bond acceptors (Lipinski definition) is 1. The minimum Gasteiger partial charge on any atom is -0.455 e. The van der Waals surface area contributed by atoms with Crippen molar-refractivity contribution in [1.29, 1.82) is 0 Å². The molecule has 0 saturated heterocycles. The van der Waals surface area contributed by atoms with E-state index in [1.165, 1.54) is 65.4 Å². The van der Waals surface area contributed by atoms with E-state index in [0.717, 1.165) is 50.1 Å². The molecule has 9 aromatic carbocycles. The van der Waals surface area contributed by atoms with Gasteiger partial charge in [-0.3, -0.25) is 0 Å². The van der Waals surface area contributed by atoms with Crippen molar-refractivity contribution >= 4 is 87.4 Å². The number of benzene rings is 9. The molecule has 0 amide bonds. The van der Waals surface area contributed by atoms with Crippen molar-refractivity contribution in [3.05, 3.63) is 200 Å². The first-order valence-corrected chi connectivity index (χ1v) is 19.8. The van der Waals surface area contributed by atoms with Gasteiger partial charge in [-0.25, -0.2) is 0 Å². The van der Waals surface area contributed by atoms with Crippen LogP contribution in [0.5, 0.6) is 0 Å². The molecule has 4 nitrogen and oxygen atoms in total. The van der Waals surface area contributed by atoms with Crippen molar-refractivity contribution in [1.82, 2.24) is 13.7 Å². The van der Waals surface area contributed by atoms with E-state index < -0.39 is 0 Å². The maximum Gasteiger partial charge on any atom is 0.143 e. The molecule has 0 aliphatic carbocycles. The molecule has 13 rings (SSSR count). The summed E-state index contributed by atoms with van der Waals surface area (Å²) in [6.45, 7) is 0. The average Bonchev–Trinajstić information content (AvgIpc) is 4.02. The van der Waals surface area contributed by atoms with Crippen molar-refractivity contribution in [2.24, 2.45) is 0 Å². The molecule has 0 spiro atoms. The molecule has 0 unspecified atom stereocenters. The number of fused-ring (bicyclic) bond motifs is 12. The summed E-state index contributed by atoms with van der Waals surface area (Å²) in [4.78, 5) is 0. The SMILES string of the molecule is c1cc(-c2cc(-n3c4ccccc4c4ccccc43)cc3c2oc2ccc(-n4c5ccccc5c5ccccc54)cc23)cc(-n2c3ccccc3c3ccccc32)c1. The van der Waals surface area contributed by atoms with Crippen molar-refractivity contribution in [2.75, 3.05) is 0 Å². The molecule has 0 fully saturated rings. The smallest absolute Gasteiger partial charge is 0.143 e. The highest BCUT2D eigenvalue weighted by Gasteiger charge is 2.21. The zero-order chi connectivity index (χ0) is 37.9. The predicted octanol–water partition coefficient (Wildman–Crippen LogP) is 14.5. The lowest BCUT2D eigenvalue weighted by Gasteiger charge is -2.13. The van der Waals surface area contributed by atoms with Crippen LogP contribution in [-0.4, -0.2) is 13.7 Å². The number of furan rings is 1. The van der Waals surface area contributed by atoms with Crippen molar-refractivity contribution in [2.45, 2.75) is 0 Å². The molecule has 0 radical (unpaired) electrons. The Balaban J connectivity index is 1.11. The third-order valence-corrected chi connectivity index (χ3v) is 12.2. The van der Waals surface area contributed by atoms with Gasteiger partial charge in [-0.15, -0.1) is 0 Å². The minimum atomic E-state index is 0.860. The average molecular weight is 740 g/mol. The van der Waals surface area contributed by atoms with Crippen molar-refractivity contribution in [3.63, 3.8) is 0 Å². The first-order chi connectivity index (χ1) is 28.8. The standard InChI is InChI=1S/C54H33N3O/c1-7-22-47-38(16-1)39-17-2-8-23-48(39)55(47)35-15-13-14-34(30-35)44-32-37(57-51-26-11-5-20-42(51)43-21-6-12-27-52(43)57)33-46-45-31-36(28-29-53(45)58-54(44)46)56-49-24-9-3-18-40(49)41-19-4-10-25-50(41)56/h1-33H. The van der Waals surface area contributed by atoms with E-state index in [2.05, 4.69) is 214 Å². The maximum atomic E-state index is 6.98. The Hall–Kier alpha value is -7.82. The van der Waals surface area contributed by atoms with Crippen LogP contribution in [0.3, 0.4) is 0 Å². The molecule has 58 heavy (non-hydrogen) atoms. The molecule has 270 valence electrons. The summed E-state index contributed by atoms with van der Waals surface area (Å²) >= 11 is 0. The monoisotopic (exact) mass is 739 g/mol. The predicted molar refractivity (Wildman–Crippen MR) is 242 cm³/mol. The summed E-state index contributed by atoms with van der Waals surface area (Å²) in [6.07, 6.45) is 0. The summed E-state index contributed by atoms with van der Waals surface area (Å²) in [7, 11) is 0. The van der Waals surface area contributed by atoms with Gasteiger partial charge in [0.25, 0.3) is 0 Å². The Morgan fingerprint density at radius 1 is 0.276 bits per heavy atom. The van der Waals surface area contributed by atoms with Crippen LogP contribution in [0.15, 0.2) is 205 Å². The normalized spacial score (nSPS) is 12.1. The first-order valence-electron chi connectivity index (χ1n) is 19.8. The summed E-state index contributed by atoms with van der Waals surface area (Å²) in [5.74, 6) is 0. The molecular formula is C54H33N3O. The van der Waals surface area contributed by atoms with Gasteiger partial charge < -0.3 is 18.1 Å². The summed E-state index contributed by atoms with van der Waals surface area (Å²) < 4.78 is 14.2. The molecule has 4 heteroatoms. The van der Waals surface area contributed by atoms with Crippen LogP contribution in [0.4, 0.5) is 0 Å². The third kappa shape index (κ3) is 4.34. The Morgan fingerprint density at radius 2 is 0.672 bits per heavy atom. The van der Waals surface area contributed by atoms with Crippen LogP contribution in [0.2, 0.25) is 0 Å². The molecule has 0 aliphatic rings. The van der Waals surface area contributed by atoms with Gasteiger partial charge in [0.15, 0.2) is 0 Å². The summed E-state index contributed by atoms with van der Waals surface area (Å²) in [5.41, 5.74) is 14.3. The fourth-order valence-electron chi connectivity index (χ4n) is 9.75. The van der Waals surface area contributed by atoms with Crippen molar-refractivity contribution in [3.8, 4) is 28.2 Å². The van der Waals surface area contributed by atoms with E-state index in [4.69, 9.17) is 4.42 Å². The zero-order valence-corrected chi connectivity index (χ0v) is 31.3. The van der Waals surface area contributed by atoms with Crippen LogP contribution < -0.4 is 0 Å². The highest BCUT2D eigenvalue weighted by Crippen LogP contribution is 2.43. The number of nitrogens with zero attached hydrogens (tertiary/aromatic N) is 3. The van der Waals surface area contributed by atoms with Gasteiger partial charge in [0.1, 0.15) is 11.2 Å². The van der Waals surface area contributed by atoms with Gasteiger partial charge >= 0.3 is 0 Å². The fourth-order valence-corrected chi connectivity index (χ4v) is 9.75. The highest BCUT2D eigenvalue weighted by atomic mass is 16.3. The zero-order valence-electron chi connectivity index (χ0n) is 31.3. The van der Waals surface area contributed by atoms with Crippen molar-refractivity contribution < 1.29 is 4.42 Å². The van der Waals surface area contributed by atoms with Gasteiger partial charge in [0, 0.05) is 65.7 Å². The molecule has 0 N–H and O–H groups in total. The van der Waals surface area contributed by atoms with Crippen LogP contribution in [-0.2, 0) is 0 Å². The number of hydrogen-bond donors (Lipinski definition) is 0. The molecule has 0 atom stereocenters. The Labute approximate surface area is 332 Å². The second-order valence-electron chi connectivity index (χ2n) is 15.3. The number of aromatic nitrogens is 3. The molecular weight excluding hydrogens is 707 g/mol. The van der Waals surface area contributed by atoms with Crippen LogP contribution >= 0.6 is 0 Å². The lowest BCUT2D eigenvalue weighted by atomic mass is 10.00. The first kappa shape index (κ1) is 31.4. The Kier molecular flexibility index (Phi) is 6.41. The van der Waals surface area contributed by atoms with E-state index in [1.54, 1.807) is 0 Å². The largest absolute Gasteiger partial charge is 0.455 e. The maximum absolute atomic E-state index is 6.98. The van der Waals surface area contributed by atoms with Crippen LogP contribution in [0.25, 0.3) is 116 Å². The fraction of sp³-hybridized carbons (Fsp3) is 0. The summed E-state index contributed by atoms with van der Waals surface area (Å²) in [6, 6.07) is 72.5. The second-order valence-corrected chi connectivity index (χ2v) is 15.3. The van der Waals surface area contributed by atoms with E-state index in [1.807, 2.05) is 0 Å². The minimum absolute atomic E-state index is 0.860. The van der Waals surface area contributed by atoms with Crippen LogP contribution in [0, 0.1) is 0 Å². The Bertz CT molecular complexity index is 3650. The van der Waals surface area contributed by atoms with E-state index in [-0.39, 0.29) is 0 Å². The molecule has 0 bridgehead atoms. The lowest BCUT2D eigenvalue weighted by Crippen LogP contribution is -1.96. The molecule has 4 heterocycles.